The largest absolute Gasteiger partial charge is 0.398 e. The van der Waals surface area contributed by atoms with E-state index in [-0.39, 0.29) is 17.5 Å². The smallest absolute Gasteiger partial charge is 0.252 e. The van der Waals surface area contributed by atoms with Gasteiger partial charge in [0.2, 0.25) is 0 Å². The Bertz CT molecular complexity index is 483. The molecule has 20 heavy (non-hydrogen) atoms. The molecule has 0 spiro atoms. The molecule has 4 nitrogen and oxygen atoms in total. The third kappa shape index (κ3) is 3.64. The second-order valence-electron chi connectivity index (χ2n) is 5.53. The average Bonchev–Trinajstić information content (AvgIpc) is 2.65. The highest BCUT2D eigenvalue weighted by molar-refractivity contribution is 6.36. The molecule has 0 unspecified atom stereocenters. The first kappa shape index (κ1) is 15.1. The number of hydrogen-bond acceptors (Lipinski definition) is 3. The van der Waals surface area contributed by atoms with Gasteiger partial charge in [-0.05, 0) is 25.0 Å². The third-order valence-corrected chi connectivity index (χ3v) is 4.31. The van der Waals surface area contributed by atoms with Crippen molar-refractivity contribution in [1.29, 1.82) is 0 Å². The van der Waals surface area contributed by atoms with E-state index >= 15 is 0 Å². The first-order valence-corrected chi connectivity index (χ1v) is 7.44. The van der Waals surface area contributed by atoms with E-state index in [4.69, 9.17) is 17.3 Å². The van der Waals surface area contributed by atoms with Crippen LogP contribution in [0.25, 0.3) is 0 Å². The van der Waals surface area contributed by atoms with Crippen LogP contribution in [0.3, 0.4) is 0 Å². The molecule has 0 atom stereocenters. The number of aliphatic hydroxyl groups is 1. The van der Waals surface area contributed by atoms with Gasteiger partial charge in [0.25, 0.3) is 5.91 Å². The number of amides is 1. The van der Waals surface area contributed by atoms with Gasteiger partial charge in [-0.25, -0.2) is 0 Å². The highest BCUT2D eigenvalue weighted by Gasteiger charge is 2.28. The van der Waals surface area contributed by atoms with E-state index in [1.165, 1.54) is 0 Å². The molecule has 0 bridgehead atoms. The Kier molecular flexibility index (Phi) is 4.89. The van der Waals surface area contributed by atoms with Gasteiger partial charge in [-0.3, -0.25) is 4.79 Å². The van der Waals surface area contributed by atoms with Gasteiger partial charge in [0.1, 0.15) is 0 Å². The van der Waals surface area contributed by atoms with E-state index in [1.807, 2.05) is 0 Å². The molecule has 0 aliphatic heterocycles. The monoisotopic (exact) mass is 296 g/mol. The molecule has 1 fully saturated rings. The van der Waals surface area contributed by atoms with Gasteiger partial charge in [-0.2, -0.15) is 0 Å². The minimum Gasteiger partial charge on any atom is -0.398 e. The zero-order valence-corrected chi connectivity index (χ0v) is 12.2. The zero-order chi connectivity index (χ0) is 14.6. The molecule has 0 aromatic heterocycles. The number of anilines is 1. The molecule has 0 saturated heterocycles. The summed E-state index contributed by atoms with van der Waals surface area (Å²) in [6, 6.07) is 4.97. The Morgan fingerprint density at radius 3 is 2.60 bits per heavy atom. The van der Waals surface area contributed by atoms with Gasteiger partial charge < -0.3 is 16.2 Å². The van der Waals surface area contributed by atoms with Gasteiger partial charge in [-0.1, -0.05) is 43.4 Å². The highest BCUT2D eigenvalue weighted by Crippen LogP contribution is 2.27. The van der Waals surface area contributed by atoms with E-state index in [1.54, 1.807) is 18.2 Å². The van der Waals surface area contributed by atoms with Crippen molar-refractivity contribution in [2.45, 2.75) is 44.1 Å². The van der Waals surface area contributed by atoms with Crippen LogP contribution in [0.15, 0.2) is 18.2 Å². The SMILES string of the molecule is Nc1cccc(C(=O)NCC2(O)CCCCCC2)c1Cl. The molecule has 0 heterocycles. The van der Waals surface area contributed by atoms with Crippen LogP contribution in [0.5, 0.6) is 0 Å². The van der Waals surface area contributed by atoms with E-state index in [2.05, 4.69) is 5.32 Å². The minimum absolute atomic E-state index is 0.261. The van der Waals surface area contributed by atoms with Crippen LogP contribution in [0, 0.1) is 0 Å². The molecule has 0 radical (unpaired) electrons. The van der Waals surface area contributed by atoms with Crippen molar-refractivity contribution < 1.29 is 9.90 Å². The molecule has 2 rings (SSSR count). The molecule has 1 aromatic carbocycles. The van der Waals surface area contributed by atoms with Gasteiger partial charge in [-0.15, -0.1) is 0 Å². The summed E-state index contributed by atoms with van der Waals surface area (Å²) in [6.45, 7) is 0.261. The maximum atomic E-state index is 12.1. The summed E-state index contributed by atoms with van der Waals surface area (Å²) >= 11 is 6.02. The molecule has 1 saturated carbocycles. The number of carbonyl (C=O) groups excluding carboxylic acids is 1. The Balaban J connectivity index is 1.99. The fourth-order valence-electron chi connectivity index (χ4n) is 2.63. The summed E-state index contributed by atoms with van der Waals surface area (Å²) in [5, 5.41) is 13.5. The van der Waals surface area contributed by atoms with Gasteiger partial charge in [0.15, 0.2) is 0 Å². The van der Waals surface area contributed by atoms with Crippen LogP contribution in [0.2, 0.25) is 5.02 Å². The predicted octanol–water partition coefficient (Wildman–Crippen LogP) is 2.74. The van der Waals surface area contributed by atoms with E-state index in [0.717, 1.165) is 38.5 Å². The molecule has 1 amide bonds. The fraction of sp³-hybridized carbons (Fsp3) is 0.533. The lowest BCUT2D eigenvalue weighted by Crippen LogP contribution is -2.42. The molecule has 5 heteroatoms. The number of rotatable bonds is 3. The summed E-state index contributed by atoms with van der Waals surface area (Å²) in [5.41, 5.74) is 5.62. The quantitative estimate of drug-likeness (QED) is 0.593. The Labute approximate surface area is 124 Å². The third-order valence-electron chi connectivity index (χ3n) is 3.89. The fourth-order valence-corrected chi connectivity index (χ4v) is 2.84. The van der Waals surface area contributed by atoms with Crippen LogP contribution in [-0.4, -0.2) is 23.2 Å². The van der Waals surface area contributed by atoms with Crippen LogP contribution in [0.4, 0.5) is 5.69 Å². The van der Waals surface area contributed by atoms with Crippen LogP contribution in [0.1, 0.15) is 48.9 Å². The molecule has 1 aliphatic carbocycles. The van der Waals surface area contributed by atoms with Crippen molar-refractivity contribution in [3.8, 4) is 0 Å². The maximum Gasteiger partial charge on any atom is 0.252 e. The second kappa shape index (κ2) is 6.46. The molecule has 4 N–H and O–H groups in total. The van der Waals surface area contributed by atoms with E-state index < -0.39 is 5.60 Å². The Morgan fingerprint density at radius 2 is 1.95 bits per heavy atom. The van der Waals surface area contributed by atoms with Crippen molar-refractivity contribution in [1.82, 2.24) is 5.32 Å². The van der Waals surface area contributed by atoms with Crippen LogP contribution < -0.4 is 11.1 Å². The summed E-state index contributed by atoms with van der Waals surface area (Å²) in [7, 11) is 0. The van der Waals surface area contributed by atoms with Crippen molar-refractivity contribution in [2.24, 2.45) is 0 Å². The first-order chi connectivity index (χ1) is 9.52. The van der Waals surface area contributed by atoms with Crippen molar-refractivity contribution in [3.05, 3.63) is 28.8 Å². The molecule has 1 aliphatic rings. The van der Waals surface area contributed by atoms with Crippen LogP contribution >= 0.6 is 11.6 Å². The Hall–Kier alpha value is -1.26. The summed E-state index contributed by atoms with van der Waals surface area (Å²) < 4.78 is 0. The number of carbonyl (C=O) groups is 1. The lowest BCUT2D eigenvalue weighted by atomic mass is 9.94. The minimum atomic E-state index is -0.793. The van der Waals surface area contributed by atoms with Gasteiger partial charge in [0.05, 0.1) is 21.9 Å². The standard InChI is InChI=1S/C15H21ClN2O2/c16-13-11(6-5-7-12(13)17)14(19)18-10-15(20)8-3-1-2-4-9-15/h5-7,20H,1-4,8-10,17H2,(H,18,19). The summed E-state index contributed by atoms with van der Waals surface area (Å²) in [6.07, 6.45) is 5.78. The first-order valence-electron chi connectivity index (χ1n) is 7.06. The molecular weight excluding hydrogens is 276 g/mol. The molecule has 1 aromatic rings. The molecule has 110 valence electrons. The zero-order valence-electron chi connectivity index (χ0n) is 11.5. The summed E-state index contributed by atoms with van der Waals surface area (Å²) in [4.78, 5) is 12.1. The van der Waals surface area contributed by atoms with E-state index in [9.17, 15) is 9.90 Å². The highest BCUT2D eigenvalue weighted by atomic mass is 35.5. The van der Waals surface area contributed by atoms with Gasteiger partial charge in [0, 0.05) is 6.54 Å². The number of nitrogen functional groups attached to an aromatic ring is 1. The number of hydrogen-bond donors (Lipinski definition) is 3. The maximum absolute atomic E-state index is 12.1. The topological polar surface area (TPSA) is 75.4 Å². The number of nitrogens with two attached hydrogens (primary N) is 1. The number of halogens is 1. The predicted molar refractivity (Wildman–Crippen MR) is 80.8 cm³/mol. The van der Waals surface area contributed by atoms with E-state index in [0.29, 0.717) is 11.3 Å². The lowest BCUT2D eigenvalue weighted by Gasteiger charge is -2.26. The second-order valence-corrected chi connectivity index (χ2v) is 5.91. The number of benzene rings is 1. The van der Waals surface area contributed by atoms with Crippen molar-refractivity contribution in [3.63, 3.8) is 0 Å². The normalized spacial score (nSPS) is 18.3. The van der Waals surface area contributed by atoms with Gasteiger partial charge >= 0.3 is 0 Å². The average molecular weight is 297 g/mol. The van der Waals surface area contributed by atoms with Crippen molar-refractivity contribution in [2.75, 3.05) is 12.3 Å². The summed E-state index contributed by atoms with van der Waals surface area (Å²) in [5.74, 6) is -0.292. The number of nitrogens with one attached hydrogen (secondary N) is 1. The lowest BCUT2D eigenvalue weighted by molar-refractivity contribution is 0.0246. The van der Waals surface area contributed by atoms with Crippen molar-refractivity contribution >= 4 is 23.2 Å². The van der Waals surface area contributed by atoms with Crippen LogP contribution in [-0.2, 0) is 0 Å². The Morgan fingerprint density at radius 1 is 1.30 bits per heavy atom. The molecular formula is C15H21ClN2O2.